The Balaban J connectivity index is 1.88. The van der Waals surface area contributed by atoms with Crippen molar-refractivity contribution in [3.8, 4) is 0 Å². The van der Waals surface area contributed by atoms with E-state index in [0.29, 0.717) is 6.04 Å². The van der Waals surface area contributed by atoms with Crippen molar-refractivity contribution in [1.29, 1.82) is 0 Å². The van der Waals surface area contributed by atoms with Gasteiger partial charge in [-0.2, -0.15) is 0 Å². The lowest BCUT2D eigenvalue weighted by Gasteiger charge is -2.31. The molecule has 1 saturated heterocycles. The SMILES string of the molecule is CSc1ccc(CN2CCC(C)NC2)cc1. The highest BCUT2D eigenvalue weighted by Crippen LogP contribution is 2.16. The van der Waals surface area contributed by atoms with E-state index >= 15 is 0 Å². The molecule has 0 amide bonds. The van der Waals surface area contributed by atoms with Gasteiger partial charge in [-0.3, -0.25) is 4.90 Å². The van der Waals surface area contributed by atoms with Crippen molar-refractivity contribution >= 4 is 11.8 Å². The first kappa shape index (κ1) is 12.0. The van der Waals surface area contributed by atoms with Crippen molar-refractivity contribution in [3.63, 3.8) is 0 Å². The quantitative estimate of drug-likeness (QED) is 0.812. The molecule has 0 bridgehead atoms. The molecule has 2 nitrogen and oxygen atoms in total. The first-order valence-electron chi connectivity index (χ1n) is 5.86. The summed E-state index contributed by atoms with van der Waals surface area (Å²) in [6.07, 6.45) is 3.37. The molecule has 2 rings (SSSR count). The van der Waals surface area contributed by atoms with Crippen molar-refractivity contribution in [3.05, 3.63) is 29.8 Å². The molecular weight excluding hydrogens is 216 g/mol. The molecule has 1 heterocycles. The third-order valence-electron chi connectivity index (χ3n) is 3.11. The maximum Gasteiger partial charge on any atom is 0.0485 e. The van der Waals surface area contributed by atoms with E-state index in [1.165, 1.54) is 23.4 Å². The molecule has 1 atom stereocenters. The number of nitrogens with one attached hydrogen (secondary N) is 1. The Hall–Kier alpha value is -0.510. The van der Waals surface area contributed by atoms with Crippen LogP contribution in [0.5, 0.6) is 0 Å². The molecule has 1 aliphatic rings. The Morgan fingerprint density at radius 2 is 2.12 bits per heavy atom. The summed E-state index contributed by atoms with van der Waals surface area (Å²) in [5.74, 6) is 0. The van der Waals surface area contributed by atoms with Crippen molar-refractivity contribution in [2.45, 2.75) is 30.8 Å². The van der Waals surface area contributed by atoms with Gasteiger partial charge >= 0.3 is 0 Å². The molecule has 0 radical (unpaired) electrons. The van der Waals surface area contributed by atoms with E-state index in [2.05, 4.69) is 47.7 Å². The van der Waals surface area contributed by atoms with Crippen LogP contribution in [0.25, 0.3) is 0 Å². The minimum atomic E-state index is 0.676. The van der Waals surface area contributed by atoms with Gasteiger partial charge in [0, 0.05) is 30.7 Å². The van der Waals surface area contributed by atoms with E-state index in [1.807, 2.05) is 0 Å². The molecule has 0 saturated carbocycles. The molecule has 0 spiro atoms. The maximum absolute atomic E-state index is 3.50. The molecular formula is C13H20N2S. The van der Waals surface area contributed by atoms with Crippen molar-refractivity contribution in [2.24, 2.45) is 0 Å². The minimum Gasteiger partial charge on any atom is -0.302 e. The Morgan fingerprint density at radius 3 is 2.69 bits per heavy atom. The summed E-state index contributed by atoms with van der Waals surface area (Å²) in [4.78, 5) is 3.81. The zero-order valence-corrected chi connectivity index (χ0v) is 10.9. The third kappa shape index (κ3) is 3.24. The van der Waals surface area contributed by atoms with Gasteiger partial charge in [-0.25, -0.2) is 0 Å². The Kier molecular flexibility index (Phi) is 4.27. The largest absolute Gasteiger partial charge is 0.302 e. The van der Waals surface area contributed by atoms with Gasteiger partial charge in [0.15, 0.2) is 0 Å². The number of hydrogen-bond acceptors (Lipinski definition) is 3. The molecule has 1 aromatic carbocycles. The predicted octanol–water partition coefficient (Wildman–Crippen LogP) is 2.55. The van der Waals surface area contributed by atoms with E-state index in [9.17, 15) is 0 Å². The molecule has 0 aromatic heterocycles. The number of rotatable bonds is 3. The molecule has 1 aromatic rings. The smallest absolute Gasteiger partial charge is 0.0485 e. The van der Waals surface area contributed by atoms with Crippen molar-refractivity contribution in [1.82, 2.24) is 10.2 Å². The second kappa shape index (κ2) is 5.71. The number of hydrogen-bond donors (Lipinski definition) is 1. The maximum atomic E-state index is 3.50. The number of benzene rings is 1. The van der Waals surface area contributed by atoms with Gasteiger partial charge in [0.2, 0.25) is 0 Å². The fourth-order valence-electron chi connectivity index (χ4n) is 1.97. The molecule has 16 heavy (non-hydrogen) atoms. The summed E-state index contributed by atoms with van der Waals surface area (Å²) >= 11 is 1.80. The van der Waals surface area contributed by atoms with Crippen LogP contribution in [0.3, 0.4) is 0 Å². The predicted molar refractivity (Wildman–Crippen MR) is 70.7 cm³/mol. The van der Waals surface area contributed by atoms with Gasteiger partial charge in [0.05, 0.1) is 0 Å². The fraction of sp³-hybridized carbons (Fsp3) is 0.538. The Labute approximate surface area is 102 Å². The summed E-state index contributed by atoms with van der Waals surface area (Å²) in [7, 11) is 0. The summed E-state index contributed by atoms with van der Waals surface area (Å²) in [5, 5.41) is 3.50. The highest BCUT2D eigenvalue weighted by atomic mass is 32.2. The van der Waals surface area contributed by atoms with Gasteiger partial charge < -0.3 is 5.32 Å². The lowest BCUT2D eigenvalue weighted by molar-refractivity contribution is 0.181. The lowest BCUT2D eigenvalue weighted by atomic mass is 10.1. The first-order chi connectivity index (χ1) is 7.78. The monoisotopic (exact) mass is 236 g/mol. The second-order valence-corrected chi connectivity index (χ2v) is 5.33. The molecule has 3 heteroatoms. The van der Waals surface area contributed by atoms with Crippen molar-refractivity contribution < 1.29 is 0 Å². The van der Waals surface area contributed by atoms with Crippen LogP contribution in [0, 0.1) is 0 Å². The third-order valence-corrected chi connectivity index (χ3v) is 3.85. The van der Waals surface area contributed by atoms with Crippen LogP contribution in [-0.2, 0) is 6.54 Å². The minimum absolute atomic E-state index is 0.676. The van der Waals surface area contributed by atoms with Gasteiger partial charge in [-0.05, 0) is 37.3 Å². The number of nitrogens with zero attached hydrogens (tertiary/aromatic N) is 1. The summed E-state index contributed by atoms with van der Waals surface area (Å²) in [6.45, 7) is 5.54. The van der Waals surface area contributed by atoms with E-state index in [4.69, 9.17) is 0 Å². The highest BCUT2D eigenvalue weighted by molar-refractivity contribution is 7.98. The van der Waals surface area contributed by atoms with E-state index in [0.717, 1.165) is 13.2 Å². The summed E-state index contributed by atoms with van der Waals surface area (Å²) in [6, 6.07) is 9.57. The standard InChI is InChI=1S/C13H20N2S/c1-11-7-8-15(10-14-11)9-12-3-5-13(16-2)6-4-12/h3-6,11,14H,7-10H2,1-2H3. The lowest BCUT2D eigenvalue weighted by Crippen LogP contribution is -2.45. The molecule has 1 fully saturated rings. The van der Waals surface area contributed by atoms with E-state index in [1.54, 1.807) is 11.8 Å². The van der Waals surface area contributed by atoms with Crippen LogP contribution < -0.4 is 5.32 Å². The molecule has 1 aliphatic heterocycles. The first-order valence-corrected chi connectivity index (χ1v) is 7.09. The van der Waals surface area contributed by atoms with Crippen LogP contribution in [0.15, 0.2) is 29.2 Å². The van der Waals surface area contributed by atoms with Crippen LogP contribution in [0.1, 0.15) is 18.9 Å². The average Bonchev–Trinajstić information content (AvgIpc) is 2.33. The second-order valence-electron chi connectivity index (χ2n) is 4.45. The van der Waals surface area contributed by atoms with Crippen LogP contribution in [-0.4, -0.2) is 30.4 Å². The summed E-state index contributed by atoms with van der Waals surface area (Å²) < 4.78 is 0. The molecule has 0 aliphatic carbocycles. The molecule has 1 unspecified atom stereocenters. The molecule has 88 valence electrons. The molecule has 1 N–H and O–H groups in total. The van der Waals surface area contributed by atoms with Gasteiger partial charge in [0.25, 0.3) is 0 Å². The highest BCUT2D eigenvalue weighted by Gasteiger charge is 2.14. The van der Waals surface area contributed by atoms with Gasteiger partial charge in [-0.15, -0.1) is 11.8 Å². The van der Waals surface area contributed by atoms with Crippen molar-refractivity contribution in [2.75, 3.05) is 19.5 Å². The topological polar surface area (TPSA) is 15.3 Å². The zero-order chi connectivity index (χ0) is 11.4. The van der Waals surface area contributed by atoms with Gasteiger partial charge in [-0.1, -0.05) is 12.1 Å². The van der Waals surface area contributed by atoms with Gasteiger partial charge in [0.1, 0.15) is 0 Å². The Morgan fingerprint density at radius 1 is 1.38 bits per heavy atom. The number of thioether (sulfide) groups is 1. The van der Waals surface area contributed by atoms with Crippen LogP contribution in [0.4, 0.5) is 0 Å². The summed E-state index contributed by atoms with van der Waals surface area (Å²) in [5.41, 5.74) is 1.41. The van der Waals surface area contributed by atoms with E-state index in [-0.39, 0.29) is 0 Å². The normalized spacial score (nSPS) is 22.2. The van der Waals surface area contributed by atoms with E-state index < -0.39 is 0 Å². The fourth-order valence-corrected chi connectivity index (χ4v) is 2.37. The zero-order valence-electron chi connectivity index (χ0n) is 10.1. The van der Waals surface area contributed by atoms with Crippen LogP contribution >= 0.6 is 11.8 Å². The van der Waals surface area contributed by atoms with Crippen LogP contribution in [0.2, 0.25) is 0 Å². The Bertz CT molecular complexity index is 315. The average molecular weight is 236 g/mol.